The zero-order valence-corrected chi connectivity index (χ0v) is 9.87. The standard InChI is InChI=1S/C11H19NO3/c1-8-5-9(13)12(6-8)7-11(2,3)10(14)15-4/h8H,5-7H2,1-4H3. The van der Waals surface area contributed by atoms with Gasteiger partial charge in [0.05, 0.1) is 12.5 Å². The SMILES string of the molecule is COC(=O)C(C)(C)CN1CC(C)CC1=O. The first-order valence-electron chi connectivity index (χ1n) is 5.23. The normalized spacial score (nSPS) is 22.0. The number of methoxy groups -OCH3 is 1. The van der Waals surface area contributed by atoms with E-state index in [-0.39, 0.29) is 11.9 Å². The molecule has 1 saturated heterocycles. The maximum absolute atomic E-state index is 11.5. The molecule has 0 bridgehead atoms. The number of likely N-dealkylation sites (tertiary alicyclic amines) is 1. The monoisotopic (exact) mass is 213 g/mol. The number of rotatable bonds is 3. The Morgan fingerprint density at radius 3 is 2.60 bits per heavy atom. The summed E-state index contributed by atoms with van der Waals surface area (Å²) in [5.74, 6) is 0.264. The molecule has 0 N–H and O–H groups in total. The molecule has 0 spiro atoms. The van der Waals surface area contributed by atoms with Gasteiger partial charge in [0.1, 0.15) is 0 Å². The lowest BCUT2D eigenvalue weighted by molar-refractivity contribution is -0.152. The Labute approximate surface area is 90.6 Å². The molecule has 0 aromatic rings. The van der Waals surface area contributed by atoms with Crippen LogP contribution in [0.25, 0.3) is 0 Å². The third kappa shape index (κ3) is 2.70. The maximum atomic E-state index is 11.5. The Kier molecular flexibility index (Phi) is 3.37. The molecule has 1 unspecified atom stereocenters. The predicted octanol–water partition coefficient (Wildman–Crippen LogP) is 1.05. The summed E-state index contributed by atoms with van der Waals surface area (Å²) in [4.78, 5) is 24.7. The quantitative estimate of drug-likeness (QED) is 0.658. The molecule has 1 amide bonds. The summed E-state index contributed by atoms with van der Waals surface area (Å²) < 4.78 is 4.71. The van der Waals surface area contributed by atoms with E-state index in [1.54, 1.807) is 18.7 Å². The average Bonchev–Trinajstić information content (AvgIpc) is 2.43. The third-order valence-corrected chi connectivity index (χ3v) is 2.73. The summed E-state index contributed by atoms with van der Waals surface area (Å²) in [5.41, 5.74) is -0.617. The van der Waals surface area contributed by atoms with Crippen molar-refractivity contribution >= 4 is 11.9 Å². The van der Waals surface area contributed by atoms with Crippen LogP contribution in [0.1, 0.15) is 27.2 Å². The van der Waals surface area contributed by atoms with E-state index in [0.29, 0.717) is 18.9 Å². The highest BCUT2D eigenvalue weighted by Crippen LogP contribution is 2.24. The van der Waals surface area contributed by atoms with Crippen LogP contribution >= 0.6 is 0 Å². The second-order valence-corrected chi connectivity index (χ2v) is 4.96. The highest BCUT2D eigenvalue weighted by Gasteiger charge is 2.36. The Morgan fingerprint density at radius 2 is 2.20 bits per heavy atom. The molecule has 0 aliphatic carbocycles. The first-order chi connectivity index (χ1) is 6.86. The van der Waals surface area contributed by atoms with Crippen LogP contribution in [0.4, 0.5) is 0 Å². The van der Waals surface area contributed by atoms with Crippen molar-refractivity contribution < 1.29 is 14.3 Å². The highest BCUT2D eigenvalue weighted by atomic mass is 16.5. The summed E-state index contributed by atoms with van der Waals surface area (Å²) in [6.45, 7) is 6.84. The number of hydrogen-bond acceptors (Lipinski definition) is 3. The average molecular weight is 213 g/mol. The van der Waals surface area contributed by atoms with Crippen LogP contribution < -0.4 is 0 Å². The van der Waals surface area contributed by atoms with Crippen LogP contribution in [-0.4, -0.2) is 37.0 Å². The summed E-state index contributed by atoms with van der Waals surface area (Å²) in [5, 5.41) is 0. The van der Waals surface area contributed by atoms with Crippen molar-refractivity contribution in [2.45, 2.75) is 27.2 Å². The topological polar surface area (TPSA) is 46.6 Å². The number of amides is 1. The number of ether oxygens (including phenoxy) is 1. The fraction of sp³-hybridized carbons (Fsp3) is 0.818. The van der Waals surface area contributed by atoms with Gasteiger partial charge in [-0.3, -0.25) is 9.59 Å². The third-order valence-electron chi connectivity index (χ3n) is 2.73. The molecule has 0 aromatic heterocycles. The molecule has 0 saturated carbocycles. The Balaban J connectivity index is 2.61. The minimum absolute atomic E-state index is 0.138. The van der Waals surface area contributed by atoms with Crippen LogP contribution in [0.2, 0.25) is 0 Å². The summed E-state index contributed by atoms with van der Waals surface area (Å²) in [6, 6.07) is 0. The predicted molar refractivity (Wildman–Crippen MR) is 56.2 cm³/mol. The van der Waals surface area contributed by atoms with Gasteiger partial charge in [0, 0.05) is 19.5 Å². The fourth-order valence-electron chi connectivity index (χ4n) is 1.94. The molecular weight excluding hydrogens is 194 g/mol. The van der Waals surface area contributed by atoms with E-state index >= 15 is 0 Å². The fourth-order valence-corrected chi connectivity index (χ4v) is 1.94. The molecule has 86 valence electrons. The van der Waals surface area contributed by atoms with Crippen molar-refractivity contribution in [3.8, 4) is 0 Å². The minimum atomic E-state index is -0.617. The summed E-state index contributed by atoms with van der Waals surface area (Å²) >= 11 is 0. The molecule has 15 heavy (non-hydrogen) atoms. The zero-order valence-electron chi connectivity index (χ0n) is 9.87. The Morgan fingerprint density at radius 1 is 1.60 bits per heavy atom. The lowest BCUT2D eigenvalue weighted by Crippen LogP contribution is -2.40. The zero-order chi connectivity index (χ0) is 11.6. The van der Waals surface area contributed by atoms with Gasteiger partial charge < -0.3 is 9.64 Å². The van der Waals surface area contributed by atoms with Crippen molar-refractivity contribution in [3.05, 3.63) is 0 Å². The lowest BCUT2D eigenvalue weighted by Gasteiger charge is -2.27. The van der Waals surface area contributed by atoms with E-state index in [1.807, 2.05) is 6.92 Å². The van der Waals surface area contributed by atoms with Gasteiger partial charge in [-0.1, -0.05) is 6.92 Å². The van der Waals surface area contributed by atoms with Crippen molar-refractivity contribution in [3.63, 3.8) is 0 Å². The van der Waals surface area contributed by atoms with Crippen LogP contribution in [0, 0.1) is 11.3 Å². The number of esters is 1. The molecule has 1 rings (SSSR count). The molecule has 0 radical (unpaired) electrons. The van der Waals surface area contributed by atoms with Gasteiger partial charge in [0.15, 0.2) is 0 Å². The Bertz CT molecular complexity index is 273. The largest absolute Gasteiger partial charge is 0.469 e. The molecule has 1 aliphatic heterocycles. The van der Waals surface area contributed by atoms with Crippen LogP contribution in [0.15, 0.2) is 0 Å². The van der Waals surface area contributed by atoms with Gasteiger partial charge in [-0.2, -0.15) is 0 Å². The molecule has 0 aromatic carbocycles. The van der Waals surface area contributed by atoms with Crippen molar-refractivity contribution in [2.24, 2.45) is 11.3 Å². The van der Waals surface area contributed by atoms with Crippen LogP contribution in [-0.2, 0) is 14.3 Å². The van der Waals surface area contributed by atoms with Crippen LogP contribution in [0.5, 0.6) is 0 Å². The highest BCUT2D eigenvalue weighted by molar-refractivity contribution is 5.81. The second-order valence-electron chi connectivity index (χ2n) is 4.96. The van der Waals surface area contributed by atoms with Crippen molar-refractivity contribution in [1.82, 2.24) is 4.90 Å². The van der Waals surface area contributed by atoms with Gasteiger partial charge in [0.2, 0.25) is 5.91 Å². The molecule has 1 atom stereocenters. The molecule has 1 aliphatic rings. The summed E-state index contributed by atoms with van der Waals surface area (Å²) in [6.07, 6.45) is 0.594. The number of hydrogen-bond donors (Lipinski definition) is 0. The molecule has 1 fully saturated rings. The maximum Gasteiger partial charge on any atom is 0.313 e. The van der Waals surface area contributed by atoms with Crippen LogP contribution in [0.3, 0.4) is 0 Å². The van der Waals surface area contributed by atoms with Crippen molar-refractivity contribution in [2.75, 3.05) is 20.2 Å². The van der Waals surface area contributed by atoms with E-state index in [2.05, 4.69) is 0 Å². The first-order valence-corrected chi connectivity index (χ1v) is 5.23. The van der Waals surface area contributed by atoms with E-state index in [1.165, 1.54) is 7.11 Å². The van der Waals surface area contributed by atoms with E-state index in [4.69, 9.17) is 4.74 Å². The number of nitrogens with zero attached hydrogens (tertiary/aromatic N) is 1. The van der Waals surface area contributed by atoms with Crippen molar-refractivity contribution in [1.29, 1.82) is 0 Å². The molecule has 4 nitrogen and oxygen atoms in total. The smallest absolute Gasteiger partial charge is 0.313 e. The minimum Gasteiger partial charge on any atom is -0.469 e. The van der Waals surface area contributed by atoms with Gasteiger partial charge in [-0.05, 0) is 19.8 Å². The van der Waals surface area contributed by atoms with E-state index in [0.717, 1.165) is 6.54 Å². The number of carbonyl (C=O) groups is 2. The van der Waals surface area contributed by atoms with E-state index < -0.39 is 5.41 Å². The molecular formula is C11H19NO3. The first kappa shape index (κ1) is 12.0. The Hall–Kier alpha value is -1.06. The number of carbonyl (C=O) groups excluding carboxylic acids is 2. The van der Waals surface area contributed by atoms with Gasteiger partial charge >= 0.3 is 5.97 Å². The van der Waals surface area contributed by atoms with Gasteiger partial charge in [0.25, 0.3) is 0 Å². The summed E-state index contributed by atoms with van der Waals surface area (Å²) in [7, 11) is 1.37. The lowest BCUT2D eigenvalue weighted by atomic mass is 9.93. The molecule has 1 heterocycles. The molecule has 4 heteroatoms. The van der Waals surface area contributed by atoms with E-state index in [9.17, 15) is 9.59 Å². The second kappa shape index (κ2) is 4.21. The van der Waals surface area contributed by atoms with Gasteiger partial charge in [-0.15, -0.1) is 0 Å². The van der Waals surface area contributed by atoms with Gasteiger partial charge in [-0.25, -0.2) is 0 Å².